The number of rotatable bonds is 16. The van der Waals surface area contributed by atoms with Gasteiger partial charge in [-0.2, -0.15) is 0 Å². The molecule has 1 unspecified atom stereocenters. The zero-order chi connectivity index (χ0) is 39.9. The third-order valence-corrected chi connectivity index (χ3v) is 10.3. The monoisotopic (exact) mass is 810 g/mol. The van der Waals surface area contributed by atoms with Crippen molar-refractivity contribution >= 4 is 0 Å². The van der Waals surface area contributed by atoms with Gasteiger partial charge in [-0.25, -0.2) is 0 Å². The van der Waals surface area contributed by atoms with Gasteiger partial charge in [-0.1, -0.05) is 0 Å². The fraction of sp³-hybridized carbons (Fsp3) is 1.00. The molecule has 0 spiro atoms. The summed E-state index contributed by atoms with van der Waals surface area (Å²) < 4.78 is 61.3. The van der Waals surface area contributed by atoms with Crippen LogP contribution < -0.4 is 0 Å². The Morgan fingerprint density at radius 3 is 0.964 bits per heavy atom. The lowest BCUT2D eigenvalue weighted by Gasteiger charge is -2.27. The molecule has 25 heteroatoms. The molecule has 0 aliphatic carbocycles. The zero-order valence-corrected chi connectivity index (χ0v) is 28.9. The number of aliphatic hydroxyl groups is 14. The van der Waals surface area contributed by atoms with Crippen molar-refractivity contribution in [2.45, 2.75) is 148 Å². The standard InChI is InChI=1S/C30H50O25/c31-1-7-13(34)18(39)26(49-7)46-5-11-23(54-29-19(40)14(35)8(2-32)50-29)22(43)28(53-11)47-6-12-24(55-30-20(41)15(36)9(3-33)51-30)21(42)27(52-12)45-4-10-16(37)17(38)25(44)48-10/h7-44H,1-6H2/t7-,8-,9-,10-,11-,12-,13-,14-,15-,16-,17+,18+,19+,20+,21+,22+,23-,24-,25?,26+,27+,28+,29-,30-/m1/s1. The van der Waals surface area contributed by atoms with Crippen molar-refractivity contribution in [2.24, 2.45) is 0 Å². The fourth-order valence-corrected chi connectivity index (χ4v) is 6.99. The molecule has 14 N–H and O–H groups in total. The van der Waals surface area contributed by atoms with Crippen LogP contribution in [0.1, 0.15) is 0 Å². The van der Waals surface area contributed by atoms with E-state index in [1.807, 2.05) is 0 Å². The Labute approximate surface area is 311 Å². The second kappa shape index (κ2) is 18.5. The van der Waals surface area contributed by atoms with E-state index < -0.39 is 187 Å². The SMILES string of the molecule is OC[C@H]1O[C@H](OC[C@H]2O[C@H](OC[C@H]3O[C@H](OC[C@H]4OC(O)[C@@H](O)[C@@H]4O)[C@@H](O)[C@@H]3O[C@H]3O[C@H](CO)[C@@H](O)[C@@H]3O)[C@@H](O)[C@@H]2O[C@H]2O[C@H](CO)[C@@H](O)[C@@H]2O)[C@@H](O)[C@@H]1O. The highest BCUT2D eigenvalue weighted by Gasteiger charge is 2.55. The molecular formula is C30H50O25. The molecule has 55 heavy (non-hydrogen) atoms. The summed E-state index contributed by atoms with van der Waals surface area (Å²) in [4.78, 5) is 0. The minimum Gasteiger partial charge on any atom is -0.394 e. The number of aliphatic hydroxyl groups excluding tert-OH is 14. The van der Waals surface area contributed by atoms with Crippen LogP contribution in [0.15, 0.2) is 0 Å². The fourth-order valence-electron chi connectivity index (χ4n) is 6.99. The molecule has 25 nitrogen and oxygen atoms in total. The molecule has 6 saturated heterocycles. The average molecular weight is 811 g/mol. The van der Waals surface area contributed by atoms with Crippen LogP contribution in [0.3, 0.4) is 0 Å². The lowest BCUT2D eigenvalue weighted by molar-refractivity contribution is -0.233. The van der Waals surface area contributed by atoms with Crippen molar-refractivity contribution in [3.05, 3.63) is 0 Å². The number of hydrogen-bond donors (Lipinski definition) is 14. The largest absolute Gasteiger partial charge is 0.394 e. The van der Waals surface area contributed by atoms with Gasteiger partial charge in [0.05, 0.1) is 39.6 Å². The first-order valence-electron chi connectivity index (χ1n) is 17.6. The molecular weight excluding hydrogens is 760 g/mol. The lowest BCUT2D eigenvalue weighted by Crippen LogP contribution is -2.45. The highest BCUT2D eigenvalue weighted by atomic mass is 16.8. The van der Waals surface area contributed by atoms with Gasteiger partial charge >= 0.3 is 0 Å². The van der Waals surface area contributed by atoms with Gasteiger partial charge in [-0.3, -0.25) is 0 Å². The molecule has 6 fully saturated rings. The van der Waals surface area contributed by atoms with Crippen LogP contribution in [0.2, 0.25) is 0 Å². The van der Waals surface area contributed by atoms with Crippen molar-refractivity contribution in [3.8, 4) is 0 Å². The zero-order valence-electron chi connectivity index (χ0n) is 28.9. The van der Waals surface area contributed by atoms with Crippen molar-refractivity contribution in [3.63, 3.8) is 0 Å². The van der Waals surface area contributed by atoms with Crippen LogP contribution >= 0.6 is 0 Å². The first kappa shape index (κ1) is 43.6. The molecule has 24 atom stereocenters. The van der Waals surface area contributed by atoms with E-state index in [1.54, 1.807) is 0 Å². The van der Waals surface area contributed by atoms with Gasteiger partial charge < -0.3 is 124 Å². The predicted molar refractivity (Wildman–Crippen MR) is 163 cm³/mol. The van der Waals surface area contributed by atoms with E-state index in [9.17, 15) is 71.5 Å². The average Bonchev–Trinajstić information content (AvgIpc) is 3.95. The Morgan fingerprint density at radius 2 is 0.618 bits per heavy atom. The van der Waals surface area contributed by atoms with Crippen LogP contribution in [0.25, 0.3) is 0 Å². The third-order valence-electron chi connectivity index (χ3n) is 10.3. The summed E-state index contributed by atoms with van der Waals surface area (Å²) in [6.45, 7) is -3.67. The summed E-state index contributed by atoms with van der Waals surface area (Å²) in [7, 11) is 0. The first-order chi connectivity index (χ1) is 26.2. The Morgan fingerprint density at radius 1 is 0.309 bits per heavy atom. The number of ether oxygens (including phenoxy) is 11. The summed E-state index contributed by atoms with van der Waals surface area (Å²) in [6.07, 6.45) is -36.4. The number of hydrogen-bond acceptors (Lipinski definition) is 25. The lowest BCUT2D eigenvalue weighted by atomic mass is 10.1. The van der Waals surface area contributed by atoms with E-state index in [0.717, 1.165) is 0 Å². The highest BCUT2D eigenvalue weighted by molar-refractivity contribution is 4.96. The Bertz CT molecular complexity index is 1210. The third kappa shape index (κ3) is 8.97. The van der Waals surface area contributed by atoms with E-state index >= 15 is 0 Å². The molecule has 0 aromatic rings. The van der Waals surface area contributed by atoms with Gasteiger partial charge in [0.25, 0.3) is 0 Å². The first-order valence-corrected chi connectivity index (χ1v) is 17.6. The minimum absolute atomic E-state index is 0.521. The second-order valence-corrected chi connectivity index (χ2v) is 13.9. The van der Waals surface area contributed by atoms with Gasteiger partial charge in [-0.15, -0.1) is 0 Å². The maximum Gasteiger partial charge on any atom is 0.187 e. The Kier molecular flexibility index (Phi) is 14.7. The maximum atomic E-state index is 11.3. The van der Waals surface area contributed by atoms with E-state index in [1.165, 1.54) is 0 Å². The van der Waals surface area contributed by atoms with Crippen molar-refractivity contribution in [2.75, 3.05) is 39.6 Å². The molecule has 6 aliphatic heterocycles. The smallest absolute Gasteiger partial charge is 0.187 e. The summed E-state index contributed by atoms with van der Waals surface area (Å²) in [5.74, 6) is 0. The predicted octanol–water partition coefficient (Wildman–Crippen LogP) is -10.3. The minimum atomic E-state index is -1.74. The molecule has 0 radical (unpaired) electrons. The highest BCUT2D eigenvalue weighted by Crippen LogP contribution is 2.35. The second-order valence-electron chi connectivity index (χ2n) is 13.9. The molecule has 0 bridgehead atoms. The van der Waals surface area contributed by atoms with Crippen molar-refractivity contribution < 1.29 is 124 Å². The van der Waals surface area contributed by atoms with Crippen molar-refractivity contribution in [1.29, 1.82) is 0 Å². The quantitative estimate of drug-likeness (QED) is 0.0688. The molecule has 6 aliphatic rings. The van der Waals surface area contributed by atoms with Gasteiger partial charge in [0.2, 0.25) is 0 Å². The maximum absolute atomic E-state index is 11.3. The van der Waals surface area contributed by atoms with E-state index in [2.05, 4.69) is 0 Å². The summed E-state index contributed by atoms with van der Waals surface area (Å²) in [6, 6.07) is 0. The topological polar surface area (TPSA) is 385 Å². The van der Waals surface area contributed by atoms with Crippen LogP contribution in [0, 0.1) is 0 Å². The Balaban J connectivity index is 1.14. The molecule has 0 aromatic carbocycles. The van der Waals surface area contributed by atoms with Gasteiger partial charge in [0.1, 0.15) is 110 Å². The van der Waals surface area contributed by atoms with Gasteiger partial charge in [0.15, 0.2) is 37.7 Å². The van der Waals surface area contributed by atoms with Crippen LogP contribution in [-0.2, 0) is 52.1 Å². The van der Waals surface area contributed by atoms with E-state index in [-0.39, 0.29) is 0 Å². The molecule has 0 saturated carbocycles. The van der Waals surface area contributed by atoms with Crippen LogP contribution in [-0.4, -0.2) is 259 Å². The molecule has 320 valence electrons. The molecule has 6 rings (SSSR count). The van der Waals surface area contributed by atoms with Crippen molar-refractivity contribution in [1.82, 2.24) is 0 Å². The molecule has 0 aromatic heterocycles. The normalized spacial score (nSPS) is 52.9. The summed E-state index contributed by atoms with van der Waals surface area (Å²) in [5.41, 5.74) is 0. The van der Waals surface area contributed by atoms with E-state index in [0.29, 0.717) is 0 Å². The van der Waals surface area contributed by atoms with Gasteiger partial charge in [0, 0.05) is 0 Å². The van der Waals surface area contributed by atoms with E-state index in [4.69, 9.17) is 52.1 Å². The summed E-state index contributed by atoms with van der Waals surface area (Å²) in [5, 5.41) is 142. The Hall–Kier alpha value is -1.00. The summed E-state index contributed by atoms with van der Waals surface area (Å²) >= 11 is 0. The van der Waals surface area contributed by atoms with Crippen LogP contribution in [0.5, 0.6) is 0 Å². The molecule has 0 amide bonds. The molecule has 6 heterocycles. The van der Waals surface area contributed by atoms with Gasteiger partial charge in [-0.05, 0) is 0 Å². The van der Waals surface area contributed by atoms with Crippen LogP contribution in [0.4, 0.5) is 0 Å².